The first kappa shape index (κ1) is 18.9. The standard InChI is InChI=1S/C21H31N3O2/c1-4-24-13-10-22-20(24)15-23-11-5-8-21(25,9-12-23)16-26-19-7-6-17(2)18(3)14-19/h6-7,10,13-14,25H,4-5,8-9,11-12,15-16H2,1-3H3. The second-order valence-electron chi connectivity index (χ2n) is 7.52. The first-order valence-corrected chi connectivity index (χ1v) is 9.64. The Balaban J connectivity index is 1.55. The molecule has 1 saturated heterocycles. The number of hydrogen-bond acceptors (Lipinski definition) is 4. The molecule has 1 aromatic heterocycles. The Morgan fingerprint density at radius 2 is 2.04 bits per heavy atom. The molecule has 1 fully saturated rings. The molecule has 0 amide bonds. The Hall–Kier alpha value is -1.85. The fourth-order valence-electron chi connectivity index (χ4n) is 3.54. The van der Waals surface area contributed by atoms with Gasteiger partial charge in [0.05, 0.1) is 12.1 Å². The minimum Gasteiger partial charge on any atom is -0.491 e. The molecule has 2 heterocycles. The van der Waals surface area contributed by atoms with E-state index in [2.05, 4.69) is 41.3 Å². The van der Waals surface area contributed by atoms with Crippen molar-refractivity contribution < 1.29 is 9.84 Å². The fourth-order valence-corrected chi connectivity index (χ4v) is 3.54. The van der Waals surface area contributed by atoms with Gasteiger partial charge in [-0.25, -0.2) is 4.98 Å². The van der Waals surface area contributed by atoms with E-state index in [1.165, 1.54) is 11.1 Å². The van der Waals surface area contributed by atoms with E-state index in [4.69, 9.17) is 4.74 Å². The molecule has 2 aromatic rings. The third-order valence-electron chi connectivity index (χ3n) is 5.50. The molecule has 142 valence electrons. The smallest absolute Gasteiger partial charge is 0.122 e. The number of ether oxygens (including phenoxy) is 1. The van der Waals surface area contributed by atoms with Crippen LogP contribution in [0.25, 0.3) is 0 Å². The normalized spacial score (nSPS) is 21.5. The van der Waals surface area contributed by atoms with Gasteiger partial charge in [-0.05, 0) is 69.8 Å². The first-order chi connectivity index (χ1) is 12.5. The average molecular weight is 357 g/mol. The lowest BCUT2D eigenvalue weighted by Crippen LogP contribution is -2.37. The zero-order chi connectivity index (χ0) is 18.6. The third-order valence-corrected chi connectivity index (χ3v) is 5.50. The van der Waals surface area contributed by atoms with Gasteiger partial charge in [-0.2, -0.15) is 0 Å². The molecule has 1 aromatic carbocycles. The summed E-state index contributed by atoms with van der Waals surface area (Å²) in [6.07, 6.45) is 6.37. The van der Waals surface area contributed by atoms with Crippen molar-refractivity contribution in [2.24, 2.45) is 0 Å². The zero-order valence-corrected chi connectivity index (χ0v) is 16.2. The molecule has 5 heteroatoms. The predicted octanol–water partition coefficient (Wildman–Crippen LogP) is 3.32. The van der Waals surface area contributed by atoms with Gasteiger partial charge in [0, 0.05) is 25.5 Å². The van der Waals surface area contributed by atoms with Gasteiger partial charge in [-0.15, -0.1) is 0 Å². The monoisotopic (exact) mass is 357 g/mol. The largest absolute Gasteiger partial charge is 0.491 e. The first-order valence-electron chi connectivity index (χ1n) is 9.64. The highest BCUT2D eigenvalue weighted by molar-refractivity contribution is 5.33. The summed E-state index contributed by atoms with van der Waals surface area (Å²) in [4.78, 5) is 6.86. The van der Waals surface area contributed by atoms with Crippen molar-refractivity contribution in [2.75, 3.05) is 19.7 Å². The lowest BCUT2D eigenvalue weighted by molar-refractivity contribution is -0.0169. The molecule has 5 nitrogen and oxygen atoms in total. The van der Waals surface area contributed by atoms with Gasteiger partial charge in [-0.3, -0.25) is 4.90 Å². The van der Waals surface area contributed by atoms with Crippen molar-refractivity contribution in [3.63, 3.8) is 0 Å². The van der Waals surface area contributed by atoms with Gasteiger partial charge >= 0.3 is 0 Å². The van der Waals surface area contributed by atoms with Gasteiger partial charge in [0.1, 0.15) is 18.2 Å². The topological polar surface area (TPSA) is 50.5 Å². The Bertz CT molecular complexity index is 728. The number of rotatable bonds is 6. The lowest BCUT2D eigenvalue weighted by Gasteiger charge is -2.27. The molecule has 1 atom stereocenters. The van der Waals surface area contributed by atoms with Gasteiger partial charge in [0.15, 0.2) is 0 Å². The van der Waals surface area contributed by atoms with Crippen LogP contribution in [0, 0.1) is 13.8 Å². The van der Waals surface area contributed by atoms with E-state index < -0.39 is 5.60 Å². The van der Waals surface area contributed by atoms with E-state index in [0.29, 0.717) is 6.61 Å². The molecule has 1 aliphatic heterocycles. The maximum Gasteiger partial charge on any atom is 0.122 e. The van der Waals surface area contributed by atoms with E-state index in [-0.39, 0.29) is 0 Å². The summed E-state index contributed by atoms with van der Waals surface area (Å²) in [5.41, 5.74) is 1.72. The summed E-state index contributed by atoms with van der Waals surface area (Å²) >= 11 is 0. The number of hydrogen-bond donors (Lipinski definition) is 1. The summed E-state index contributed by atoms with van der Waals surface area (Å²) < 4.78 is 8.11. The third kappa shape index (κ3) is 4.65. The molecule has 26 heavy (non-hydrogen) atoms. The van der Waals surface area contributed by atoms with E-state index in [1.807, 2.05) is 24.5 Å². The minimum absolute atomic E-state index is 0.354. The fraction of sp³-hybridized carbons (Fsp3) is 0.571. The maximum absolute atomic E-state index is 11.0. The van der Waals surface area contributed by atoms with Crippen molar-refractivity contribution >= 4 is 0 Å². The van der Waals surface area contributed by atoms with Crippen molar-refractivity contribution in [2.45, 2.75) is 58.7 Å². The summed E-state index contributed by atoms with van der Waals surface area (Å²) in [6.45, 7) is 10.3. The average Bonchev–Trinajstić information content (AvgIpc) is 2.99. The van der Waals surface area contributed by atoms with Crippen molar-refractivity contribution in [3.05, 3.63) is 47.5 Å². The number of imidazole rings is 1. The summed E-state index contributed by atoms with van der Waals surface area (Å²) in [6, 6.07) is 6.10. The van der Waals surface area contributed by atoms with Crippen LogP contribution in [0.3, 0.4) is 0 Å². The van der Waals surface area contributed by atoms with E-state index >= 15 is 0 Å². The summed E-state index contributed by atoms with van der Waals surface area (Å²) in [5.74, 6) is 1.94. The van der Waals surface area contributed by atoms with Crippen LogP contribution >= 0.6 is 0 Å². The van der Waals surface area contributed by atoms with Crippen LogP contribution in [0.2, 0.25) is 0 Å². The maximum atomic E-state index is 11.0. The molecule has 0 spiro atoms. The summed E-state index contributed by atoms with van der Waals surface area (Å²) in [5, 5.41) is 11.0. The van der Waals surface area contributed by atoms with Crippen LogP contribution in [-0.2, 0) is 13.1 Å². The minimum atomic E-state index is -0.756. The quantitative estimate of drug-likeness (QED) is 0.862. The highest BCUT2D eigenvalue weighted by Crippen LogP contribution is 2.25. The number of nitrogens with zero attached hydrogens (tertiary/aromatic N) is 3. The Morgan fingerprint density at radius 3 is 2.81 bits per heavy atom. The Kier molecular flexibility index (Phi) is 5.99. The SMILES string of the molecule is CCn1ccnc1CN1CCCC(O)(COc2ccc(C)c(C)c2)CC1. The van der Waals surface area contributed by atoms with Crippen LogP contribution in [0.5, 0.6) is 5.75 Å². The van der Waals surface area contributed by atoms with Crippen molar-refractivity contribution in [3.8, 4) is 5.75 Å². The van der Waals surface area contributed by atoms with Crippen LogP contribution in [0.1, 0.15) is 43.1 Å². The molecule has 0 aliphatic carbocycles. The second kappa shape index (κ2) is 8.23. The Labute approximate surface area is 156 Å². The van der Waals surface area contributed by atoms with Crippen LogP contribution in [0.15, 0.2) is 30.6 Å². The molecule has 0 bridgehead atoms. The van der Waals surface area contributed by atoms with E-state index in [9.17, 15) is 5.11 Å². The van der Waals surface area contributed by atoms with Crippen LogP contribution < -0.4 is 4.74 Å². The number of benzene rings is 1. The summed E-state index contributed by atoms with van der Waals surface area (Å²) in [7, 11) is 0. The van der Waals surface area contributed by atoms with Crippen molar-refractivity contribution in [1.29, 1.82) is 0 Å². The number of likely N-dealkylation sites (tertiary alicyclic amines) is 1. The molecule has 0 saturated carbocycles. The second-order valence-corrected chi connectivity index (χ2v) is 7.52. The highest BCUT2D eigenvalue weighted by atomic mass is 16.5. The highest BCUT2D eigenvalue weighted by Gasteiger charge is 2.31. The molecule has 1 N–H and O–H groups in total. The van der Waals surface area contributed by atoms with E-state index in [0.717, 1.165) is 57.0 Å². The van der Waals surface area contributed by atoms with E-state index in [1.54, 1.807) is 0 Å². The van der Waals surface area contributed by atoms with Crippen molar-refractivity contribution in [1.82, 2.24) is 14.5 Å². The molecule has 1 aliphatic rings. The van der Waals surface area contributed by atoms with Gasteiger partial charge < -0.3 is 14.4 Å². The molecular weight excluding hydrogens is 326 g/mol. The number of aliphatic hydroxyl groups is 1. The number of aryl methyl sites for hydroxylation is 3. The molecule has 1 unspecified atom stereocenters. The van der Waals surface area contributed by atoms with Gasteiger partial charge in [0.25, 0.3) is 0 Å². The number of aromatic nitrogens is 2. The van der Waals surface area contributed by atoms with Gasteiger partial charge in [-0.1, -0.05) is 6.07 Å². The molecule has 3 rings (SSSR count). The Morgan fingerprint density at radius 1 is 1.19 bits per heavy atom. The zero-order valence-electron chi connectivity index (χ0n) is 16.2. The van der Waals surface area contributed by atoms with Gasteiger partial charge in [0.2, 0.25) is 0 Å². The predicted molar refractivity (Wildman–Crippen MR) is 103 cm³/mol. The molecular formula is C21H31N3O2. The van der Waals surface area contributed by atoms with Crippen LogP contribution in [0.4, 0.5) is 0 Å². The lowest BCUT2D eigenvalue weighted by atomic mass is 9.96. The molecule has 0 radical (unpaired) electrons. The van der Waals surface area contributed by atoms with Crippen LogP contribution in [-0.4, -0.2) is 44.9 Å².